The van der Waals surface area contributed by atoms with Gasteiger partial charge in [0.2, 0.25) is 0 Å². The Morgan fingerprint density at radius 1 is 1.00 bits per heavy atom. The molecule has 0 aliphatic heterocycles. The fourth-order valence-electron chi connectivity index (χ4n) is 2.86. The van der Waals surface area contributed by atoms with E-state index in [1.54, 1.807) is 30.3 Å². The molecule has 7 heteroatoms. The van der Waals surface area contributed by atoms with Crippen LogP contribution in [0.3, 0.4) is 0 Å². The number of nitrogens with zero attached hydrogens (tertiary/aromatic N) is 1. The quantitative estimate of drug-likeness (QED) is 0.474. The Kier molecular flexibility index (Phi) is 6.74. The monoisotopic (exact) mass is 423 g/mol. The summed E-state index contributed by atoms with van der Waals surface area (Å²) in [5.74, 6) is -1.18. The van der Waals surface area contributed by atoms with E-state index in [-0.39, 0.29) is 11.6 Å². The van der Waals surface area contributed by atoms with Crippen LogP contribution in [0.4, 0.5) is 20.6 Å². The highest BCUT2D eigenvalue weighted by atomic mass is 32.1. The molecule has 2 N–H and O–H groups in total. The number of carbonyl (C=O) groups excluding carboxylic acids is 2. The van der Waals surface area contributed by atoms with Gasteiger partial charge in [-0.2, -0.15) is 0 Å². The number of hydrogen-bond donors (Lipinski definition) is 3. The summed E-state index contributed by atoms with van der Waals surface area (Å²) in [4.78, 5) is 24.9. The van der Waals surface area contributed by atoms with Crippen LogP contribution in [0.25, 0.3) is 0 Å². The van der Waals surface area contributed by atoms with Gasteiger partial charge in [0.25, 0.3) is 5.91 Å². The van der Waals surface area contributed by atoms with Crippen LogP contribution in [0.1, 0.15) is 34.5 Å². The Morgan fingerprint density at radius 2 is 1.70 bits per heavy atom. The van der Waals surface area contributed by atoms with Crippen molar-refractivity contribution in [2.45, 2.75) is 19.9 Å². The number of benzene rings is 3. The van der Waals surface area contributed by atoms with E-state index in [0.29, 0.717) is 11.4 Å². The Labute approximate surface area is 180 Å². The smallest absolute Gasteiger partial charge is 0.330 e. The van der Waals surface area contributed by atoms with Gasteiger partial charge in [0.15, 0.2) is 0 Å². The fourth-order valence-corrected chi connectivity index (χ4v) is 3.04. The average molecular weight is 424 g/mol. The van der Waals surface area contributed by atoms with E-state index in [1.165, 1.54) is 18.2 Å². The molecule has 0 unspecified atom stereocenters. The van der Waals surface area contributed by atoms with Crippen molar-refractivity contribution in [3.63, 3.8) is 0 Å². The molecule has 154 valence electrons. The topological polar surface area (TPSA) is 61.4 Å². The van der Waals surface area contributed by atoms with Crippen LogP contribution in [0.5, 0.6) is 0 Å². The van der Waals surface area contributed by atoms with Crippen LogP contribution < -0.4 is 14.9 Å². The van der Waals surface area contributed by atoms with Crippen molar-refractivity contribution in [1.82, 2.24) is 5.32 Å². The molecule has 0 heterocycles. The highest BCUT2D eigenvalue weighted by Crippen LogP contribution is 2.23. The number of amides is 3. The minimum absolute atomic E-state index is 0.0599. The molecule has 1 atom stereocenters. The first-order chi connectivity index (χ1) is 14.3. The number of rotatable bonds is 5. The molecule has 0 fully saturated rings. The highest BCUT2D eigenvalue weighted by Gasteiger charge is 2.17. The van der Waals surface area contributed by atoms with Crippen molar-refractivity contribution in [3.8, 4) is 0 Å². The summed E-state index contributed by atoms with van der Waals surface area (Å²) in [5, 5.41) is 5.51. The molecule has 3 aromatic rings. The summed E-state index contributed by atoms with van der Waals surface area (Å²) in [6, 6.07) is 19.6. The van der Waals surface area contributed by atoms with E-state index in [0.717, 1.165) is 15.4 Å². The van der Waals surface area contributed by atoms with E-state index in [2.05, 4.69) is 23.4 Å². The number of carbonyl (C=O) groups is 2. The first-order valence-corrected chi connectivity index (χ1v) is 9.77. The third-order valence-electron chi connectivity index (χ3n) is 4.58. The maximum Gasteiger partial charge on any atom is 0.332 e. The van der Waals surface area contributed by atoms with Crippen molar-refractivity contribution in [2.75, 3.05) is 9.62 Å². The number of anilines is 2. The maximum atomic E-state index is 13.8. The summed E-state index contributed by atoms with van der Waals surface area (Å²) in [7, 11) is 0. The molecular weight excluding hydrogens is 401 g/mol. The molecule has 0 aromatic heterocycles. The molecule has 0 saturated heterocycles. The SMILES string of the molecule is Cc1ccc([C@@H](C)NC(=O)N(S)c2cccc(NC(=O)c3ccccc3F)c2)cc1. The van der Waals surface area contributed by atoms with Gasteiger partial charge in [0.1, 0.15) is 5.82 Å². The number of aryl methyl sites for hydroxylation is 1. The summed E-state index contributed by atoms with van der Waals surface area (Å²) in [6.07, 6.45) is 0. The van der Waals surface area contributed by atoms with Crippen molar-refractivity contribution in [1.29, 1.82) is 0 Å². The zero-order chi connectivity index (χ0) is 21.7. The van der Waals surface area contributed by atoms with E-state index in [4.69, 9.17) is 0 Å². The lowest BCUT2D eigenvalue weighted by Crippen LogP contribution is -2.35. The summed E-state index contributed by atoms with van der Waals surface area (Å²) >= 11 is 4.29. The third-order valence-corrected chi connectivity index (χ3v) is 4.99. The molecule has 30 heavy (non-hydrogen) atoms. The average Bonchev–Trinajstić information content (AvgIpc) is 2.74. The van der Waals surface area contributed by atoms with Gasteiger partial charge in [-0.15, -0.1) is 0 Å². The Bertz CT molecular complexity index is 1060. The lowest BCUT2D eigenvalue weighted by molar-refractivity contribution is 0.102. The molecule has 3 rings (SSSR count). The number of halogens is 1. The van der Waals surface area contributed by atoms with Crippen LogP contribution in [0, 0.1) is 12.7 Å². The van der Waals surface area contributed by atoms with Gasteiger partial charge < -0.3 is 10.6 Å². The zero-order valence-electron chi connectivity index (χ0n) is 16.6. The number of nitrogens with one attached hydrogen (secondary N) is 2. The lowest BCUT2D eigenvalue weighted by atomic mass is 10.1. The van der Waals surface area contributed by atoms with Gasteiger partial charge in [0.05, 0.1) is 17.3 Å². The largest absolute Gasteiger partial charge is 0.332 e. The predicted molar refractivity (Wildman–Crippen MR) is 120 cm³/mol. The van der Waals surface area contributed by atoms with Crippen molar-refractivity contribution in [2.24, 2.45) is 0 Å². The van der Waals surface area contributed by atoms with Gasteiger partial charge in [0, 0.05) is 5.69 Å². The minimum atomic E-state index is -0.605. The number of hydrogen-bond acceptors (Lipinski definition) is 3. The normalized spacial score (nSPS) is 11.5. The predicted octanol–water partition coefficient (Wildman–Crippen LogP) is 5.51. The Hall–Kier alpha value is -3.32. The van der Waals surface area contributed by atoms with E-state index < -0.39 is 17.8 Å². The molecular formula is C23H22FN3O2S. The van der Waals surface area contributed by atoms with Crippen LogP contribution in [-0.2, 0) is 0 Å². The zero-order valence-corrected chi connectivity index (χ0v) is 17.5. The molecule has 0 saturated carbocycles. The van der Waals surface area contributed by atoms with E-state index in [1.807, 2.05) is 38.1 Å². The highest BCUT2D eigenvalue weighted by molar-refractivity contribution is 7.82. The number of thiol groups is 1. The molecule has 3 aromatic carbocycles. The maximum absolute atomic E-state index is 13.8. The number of urea groups is 1. The second-order valence-corrected chi connectivity index (χ2v) is 7.28. The van der Waals surface area contributed by atoms with Gasteiger partial charge in [-0.3, -0.25) is 4.79 Å². The standard InChI is InChI=1S/C23H22FN3O2S/c1-15-10-12-17(13-11-15)16(2)25-23(29)27(30)19-7-5-6-18(14-19)26-22(28)20-8-3-4-9-21(20)24/h3-14,16,30H,1-2H3,(H,25,29)(H,26,28)/t16-/m1/s1. The second-order valence-electron chi connectivity index (χ2n) is 6.88. The van der Waals surface area contributed by atoms with E-state index in [9.17, 15) is 14.0 Å². The molecule has 5 nitrogen and oxygen atoms in total. The van der Waals surface area contributed by atoms with E-state index >= 15 is 0 Å². The van der Waals surface area contributed by atoms with Gasteiger partial charge in [-0.1, -0.05) is 60.8 Å². The van der Waals surface area contributed by atoms with Crippen LogP contribution in [-0.4, -0.2) is 11.9 Å². The van der Waals surface area contributed by atoms with Crippen molar-refractivity contribution < 1.29 is 14.0 Å². The van der Waals surface area contributed by atoms with Gasteiger partial charge in [-0.05, 0) is 49.7 Å². The molecule has 0 aliphatic rings. The fraction of sp³-hybridized carbons (Fsp3) is 0.130. The summed E-state index contributed by atoms with van der Waals surface area (Å²) in [6.45, 7) is 3.88. The van der Waals surface area contributed by atoms with Crippen LogP contribution >= 0.6 is 12.8 Å². The summed E-state index contributed by atoms with van der Waals surface area (Å²) in [5.41, 5.74) is 2.93. The van der Waals surface area contributed by atoms with Gasteiger partial charge >= 0.3 is 6.03 Å². The summed E-state index contributed by atoms with van der Waals surface area (Å²) < 4.78 is 15.0. The molecule has 0 bridgehead atoms. The van der Waals surface area contributed by atoms with Crippen molar-refractivity contribution in [3.05, 3.63) is 95.3 Å². The third kappa shape index (κ3) is 5.18. The first kappa shape index (κ1) is 21.4. The van der Waals surface area contributed by atoms with Crippen LogP contribution in [0.2, 0.25) is 0 Å². The first-order valence-electron chi connectivity index (χ1n) is 9.37. The molecule has 0 aliphatic carbocycles. The van der Waals surface area contributed by atoms with Crippen LogP contribution in [0.15, 0.2) is 72.8 Å². The second kappa shape index (κ2) is 9.45. The van der Waals surface area contributed by atoms with Crippen molar-refractivity contribution >= 4 is 36.1 Å². The Morgan fingerprint density at radius 3 is 2.40 bits per heavy atom. The minimum Gasteiger partial charge on any atom is -0.330 e. The molecule has 3 amide bonds. The lowest BCUT2D eigenvalue weighted by Gasteiger charge is -2.21. The molecule has 0 spiro atoms. The Balaban J connectivity index is 1.68. The molecule has 0 radical (unpaired) electrons. The van der Waals surface area contributed by atoms with Gasteiger partial charge in [-0.25, -0.2) is 13.5 Å².